The van der Waals surface area contributed by atoms with Gasteiger partial charge in [-0.25, -0.2) is 4.98 Å². The largest absolute Gasteiger partial charge is 0.397 e. The molecular weight excluding hydrogens is 410 g/mol. The van der Waals surface area contributed by atoms with Crippen molar-refractivity contribution in [2.45, 2.75) is 23.8 Å². The quantitative estimate of drug-likeness (QED) is 0.523. The Bertz CT molecular complexity index is 1070. The van der Waals surface area contributed by atoms with Crippen molar-refractivity contribution in [3.8, 4) is 11.4 Å². The molecule has 9 heteroatoms. The standard InChI is InChI=1S/C22H25N7OS/c1-31-15-4-6-17(26-11-15)18-7-5-16(24)21(27-18)22(30)28-19-12-25-9-8-20(19)29-10-2-3-14(23)13-29/h4-9,11-12,14H,2-3,10,13,23-24H2,1H3,(H,28,30)/t14-/m0/s1. The van der Waals surface area contributed by atoms with Gasteiger partial charge in [0.15, 0.2) is 5.69 Å². The van der Waals surface area contributed by atoms with Crippen LogP contribution < -0.4 is 21.7 Å². The maximum Gasteiger partial charge on any atom is 0.276 e. The molecule has 4 rings (SSSR count). The van der Waals surface area contributed by atoms with Gasteiger partial charge in [0.05, 0.1) is 34.6 Å². The van der Waals surface area contributed by atoms with Gasteiger partial charge in [0, 0.05) is 36.4 Å². The number of nitrogens with two attached hydrogens (primary N) is 2. The van der Waals surface area contributed by atoms with Crippen molar-refractivity contribution in [1.82, 2.24) is 15.0 Å². The first-order valence-corrected chi connectivity index (χ1v) is 11.3. The van der Waals surface area contributed by atoms with Gasteiger partial charge in [-0.05, 0) is 49.4 Å². The molecule has 1 fully saturated rings. The topological polar surface area (TPSA) is 123 Å². The summed E-state index contributed by atoms with van der Waals surface area (Å²) >= 11 is 1.61. The number of nitrogens with zero attached hydrogens (tertiary/aromatic N) is 4. The number of amides is 1. The number of hydrogen-bond acceptors (Lipinski definition) is 8. The van der Waals surface area contributed by atoms with Crippen molar-refractivity contribution in [1.29, 1.82) is 0 Å². The van der Waals surface area contributed by atoms with E-state index in [4.69, 9.17) is 11.5 Å². The van der Waals surface area contributed by atoms with Gasteiger partial charge in [-0.2, -0.15) is 0 Å². The van der Waals surface area contributed by atoms with Crippen LogP contribution >= 0.6 is 11.8 Å². The van der Waals surface area contributed by atoms with E-state index in [2.05, 4.69) is 25.2 Å². The van der Waals surface area contributed by atoms with E-state index < -0.39 is 5.91 Å². The van der Waals surface area contributed by atoms with Gasteiger partial charge in [0.25, 0.3) is 5.91 Å². The predicted octanol–water partition coefficient (Wildman–Crippen LogP) is 3.02. The van der Waals surface area contributed by atoms with Crippen LogP contribution in [0.2, 0.25) is 0 Å². The van der Waals surface area contributed by atoms with Crippen molar-refractivity contribution in [3.05, 3.63) is 54.6 Å². The Morgan fingerprint density at radius 1 is 1.19 bits per heavy atom. The Morgan fingerprint density at radius 3 is 2.77 bits per heavy atom. The van der Waals surface area contributed by atoms with Crippen LogP contribution in [0, 0.1) is 0 Å². The van der Waals surface area contributed by atoms with E-state index in [1.54, 1.807) is 42.5 Å². The number of anilines is 3. The third-order valence-electron chi connectivity index (χ3n) is 5.22. The molecule has 0 radical (unpaired) electrons. The highest BCUT2D eigenvalue weighted by Crippen LogP contribution is 2.28. The fourth-order valence-electron chi connectivity index (χ4n) is 3.62. The van der Waals surface area contributed by atoms with Crippen LogP contribution in [0.4, 0.5) is 17.1 Å². The van der Waals surface area contributed by atoms with Crippen molar-refractivity contribution >= 4 is 34.7 Å². The van der Waals surface area contributed by atoms with Crippen LogP contribution in [-0.4, -0.2) is 46.2 Å². The molecule has 8 nitrogen and oxygen atoms in total. The lowest BCUT2D eigenvalue weighted by atomic mass is 10.1. The van der Waals surface area contributed by atoms with Crippen LogP contribution in [0.1, 0.15) is 23.3 Å². The molecule has 0 unspecified atom stereocenters. The smallest absolute Gasteiger partial charge is 0.276 e. The second-order valence-corrected chi connectivity index (χ2v) is 8.29. The minimum atomic E-state index is -0.393. The van der Waals surface area contributed by atoms with Crippen LogP contribution in [0.3, 0.4) is 0 Å². The fraction of sp³-hybridized carbons (Fsp3) is 0.273. The summed E-state index contributed by atoms with van der Waals surface area (Å²) in [5.74, 6) is -0.393. The molecule has 5 N–H and O–H groups in total. The summed E-state index contributed by atoms with van der Waals surface area (Å²) in [6.07, 6.45) is 9.13. The van der Waals surface area contributed by atoms with E-state index in [-0.39, 0.29) is 11.7 Å². The number of thioether (sulfide) groups is 1. The lowest BCUT2D eigenvalue weighted by Gasteiger charge is -2.33. The van der Waals surface area contributed by atoms with Gasteiger partial charge in [-0.3, -0.25) is 14.8 Å². The molecule has 1 saturated heterocycles. The molecule has 4 heterocycles. The highest BCUT2D eigenvalue weighted by atomic mass is 32.2. The van der Waals surface area contributed by atoms with E-state index in [1.807, 2.05) is 24.5 Å². The lowest BCUT2D eigenvalue weighted by molar-refractivity contribution is 0.102. The normalized spacial score (nSPS) is 16.2. The maximum atomic E-state index is 13.1. The molecule has 0 saturated carbocycles. The summed E-state index contributed by atoms with van der Waals surface area (Å²) < 4.78 is 0. The van der Waals surface area contributed by atoms with E-state index >= 15 is 0 Å². The number of pyridine rings is 3. The molecule has 1 amide bonds. The second-order valence-electron chi connectivity index (χ2n) is 7.41. The summed E-state index contributed by atoms with van der Waals surface area (Å²) in [6.45, 7) is 1.62. The Kier molecular flexibility index (Phi) is 6.34. The highest BCUT2D eigenvalue weighted by molar-refractivity contribution is 7.98. The summed E-state index contributed by atoms with van der Waals surface area (Å²) in [5, 5.41) is 2.93. The molecular formula is C22H25N7OS. The predicted molar refractivity (Wildman–Crippen MR) is 125 cm³/mol. The first-order valence-electron chi connectivity index (χ1n) is 10.1. The summed E-state index contributed by atoms with van der Waals surface area (Å²) in [5.41, 5.74) is 15.4. The van der Waals surface area contributed by atoms with Gasteiger partial charge in [-0.15, -0.1) is 11.8 Å². The Hall–Kier alpha value is -3.17. The Morgan fingerprint density at radius 2 is 2.03 bits per heavy atom. The number of aromatic nitrogens is 3. The lowest BCUT2D eigenvalue weighted by Crippen LogP contribution is -2.43. The summed E-state index contributed by atoms with van der Waals surface area (Å²) in [4.78, 5) is 29.4. The van der Waals surface area contributed by atoms with Crippen LogP contribution in [0.15, 0.2) is 53.8 Å². The SMILES string of the molecule is CSc1ccc(-c2ccc(N)c(C(=O)Nc3cnccc3N3CCC[C@H](N)C3)n2)nc1. The van der Waals surface area contributed by atoms with E-state index in [1.165, 1.54) is 0 Å². The summed E-state index contributed by atoms with van der Waals surface area (Å²) in [7, 11) is 0. The number of hydrogen-bond donors (Lipinski definition) is 3. The van der Waals surface area contributed by atoms with Crippen molar-refractivity contribution in [2.75, 3.05) is 35.3 Å². The average Bonchev–Trinajstić information content (AvgIpc) is 2.80. The zero-order valence-electron chi connectivity index (χ0n) is 17.3. The molecule has 0 aromatic carbocycles. The van der Waals surface area contributed by atoms with E-state index in [9.17, 15) is 4.79 Å². The monoisotopic (exact) mass is 435 g/mol. The molecule has 0 aliphatic carbocycles. The van der Waals surface area contributed by atoms with E-state index in [0.717, 1.165) is 36.5 Å². The molecule has 1 aliphatic heterocycles. The van der Waals surface area contributed by atoms with Gasteiger partial charge in [0.2, 0.25) is 0 Å². The van der Waals surface area contributed by atoms with E-state index in [0.29, 0.717) is 22.8 Å². The van der Waals surface area contributed by atoms with Crippen LogP contribution in [0.25, 0.3) is 11.4 Å². The summed E-state index contributed by atoms with van der Waals surface area (Å²) in [6, 6.07) is 9.29. The van der Waals surface area contributed by atoms with Gasteiger partial charge in [-0.1, -0.05) is 0 Å². The number of carbonyl (C=O) groups is 1. The molecule has 0 spiro atoms. The van der Waals surface area contributed by atoms with Crippen LogP contribution in [-0.2, 0) is 0 Å². The fourth-order valence-corrected chi connectivity index (χ4v) is 3.98. The number of nitrogen functional groups attached to an aromatic ring is 1. The zero-order valence-corrected chi connectivity index (χ0v) is 18.1. The maximum absolute atomic E-state index is 13.1. The number of piperidine rings is 1. The van der Waals surface area contributed by atoms with Crippen molar-refractivity contribution in [2.24, 2.45) is 5.73 Å². The third kappa shape index (κ3) is 4.78. The number of rotatable bonds is 5. The van der Waals surface area contributed by atoms with Crippen molar-refractivity contribution in [3.63, 3.8) is 0 Å². The zero-order chi connectivity index (χ0) is 21.8. The molecule has 3 aromatic rings. The number of carbonyl (C=O) groups excluding carboxylic acids is 1. The van der Waals surface area contributed by atoms with Gasteiger partial charge >= 0.3 is 0 Å². The van der Waals surface area contributed by atoms with Crippen LogP contribution in [0.5, 0.6) is 0 Å². The molecule has 1 atom stereocenters. The molecule has 31 heavy (non-hydrogen) atoms. The molecule has 3 aromatic heterocycles. The van der Waals surface area contributed by atoms with Gasteiger partial charge in [0.1, 0.15) is 0 Å². The van der Waals surface area contributed by atoms with Crippen molar-refractivity contribution < 1.29 is 4.79 Å². The Labute approximate surface area is 185 Å². The minimum Gasteiger partial charge on any atom is -0.397 e. The minimum absolute atomic E-state index is 0.115. The first kappa shape index (κ1) is 21.1. The Balaban J connectivity index is 1.59. The third-order valence-corrected chi connectivity index (χ3v) is 5.93. The second kappa shape index (κ2) is 9.32. The van der Waals surface area contributed by atoms with Gasteiger partial charge < -0.3 is 21.7 Å². The molecule has 1 aliphatic rings. The first-order chi connectivity index (χ1) is 15.0. The average molecular weight is 436 g/mol. The highest BCUT2D eigenvalue weighted by Gasteiger charge is 2.21. The number of nitrogens with one attached hydrogen (secondary N) is 1. The molecule has 0 bridgehead atoms. The molecule has 160 valence electrons.